The Kier molecular flexibility index (Phi) is 6.89. The molecule has 1 unspecified atom stereocenters. The Labute approximate surface area is 130 Å². The number of nitrogens with one attached hydrogen (secondary N) is 1. The molecule has 0 bridgehead atoms. The molecular weight excluding hydrogens is 264 g/mol. The van der Waals surface area contributed by atoms with Crippen LogP contribution >= 0.6 is 0 Å². The summed E-state index contributed by atoms with van der Waals surface area (Å²) in [6, 6.07) is 0. The second kappa shape index (κ2) is 8.44. The van der Waals surface area contributed by atoms with Crippen LogP contribution in [0.4, 0.5) is 0 Å². The van der Waals surface area contributed by atoms with Crippen LogP contribution in [0.5, 0.6) is 0 Å². The van der Waals surface area contributed by atoms with E-state index < -0.39 is 0 Å². The minimum Gasteiger partial charge on any atom is -0.381 e. The van der Waals surface area contributed by atoms with E-state index in [1.165, 1.54) is 45.7 Å². The summed E-state index contributed by atoms with van der Waals surface area (Å²) >= 11 is 0. The van der Waals surface area contributed by atoms with Gasteiger partial charge in [0.05, 0.1) is 6.61 Å². The minimum atomic E-state index is 0.349. The molecule has 0 aliphatic carbocycles. The van der Waals surface area contributed by atoms with Crippen molar-refractivity contribution in [2.24, 2.45) is 5.41 Å². The largest absolute Gasteiger partial charge is 0.381 e. The maximum Gasteiger partial charge on any atom is 0.0547 e. The van der Waals surface area contributed by atoms with Crippen molar-refractivity contribution < 1.29 is 4.74 Å². The number of piperazine rings is 1. The molecule has 5 nitrogen and oxygen atoms in total. The molecule has 0 spiro atoms. The van der Waals surface area contributed by atoms with Gasteiger partial charge in [0.15, 0.2) is 0 Å². The summed E-state index contributed by atoms with van der Waals surface area (Å²) in [7, 11) is 4.31. The van der Waals surface area contributed by atoms with E-state index in [2.05, 4.69) is 41.0 Å². The number of hydrogen-bond donors (Lipinski definition) is 1. The molecule has 1 atom stereocenters. The third kappa shape index (κ3) is 5.49. The zero-order chi connectivity index (χ0) is 15.1. The summed E-state index contributed by atoms with van der Waals surface area (Å²) in [6.07, 6.45) is 1.21. The van der Waals surface area contributed by atoms with Crippen LogP contribution in [-0.2, 0) is 4.74 Å². The average Bonchev–Trinajstić information content (AvgIpc) is 2.93. The Bertz CT molecular complexity index is 284. The molecule has 0 aromatic carbocycles. The standard InChI is InChI=1S/C16H34N4O/c1-4-17-13-16(5-12-21-15-16)14-20-10-8-19(9-11-20)7-6-18(2)3/h17H,4-15H2,1-3H3. The fourth-order valence-corrected chi connectivity index (χ4v) is 3.35. The maximum atomic E-state index is 5.70. The Morgan fingerprint density at radius 2 is 1.86 bits per heavy atom. The number of ether oxygens (including phenoxy) is 1. The smallest absolute Gasteiger partial charge is 0.0547 e. The fraction of sp³-hybridized carbons (Fsp3) is 1.00. The van der Waals surface area contributed by atoms with Crippen molar-refractivity contribution in [1.82, 2.24) is 20.0 Å². The fourth-order valence-electron chi connectivity index (χ4n) is 3.35. The molecule has 5 heteroatoms. The molecule has 2 rings (SSSR count). The van der Waals surface area contributed by atoms with Crippen LogP contribution in [0.25, 0.3) is 0 Å². The van der Waals surface area contributed by atoms with Crippen molar-refractivity contribution in [1.29, 1.82) is 0 Å². The zero-order valence-electron chi connectivity index (χ0n) is 14.2. The third-order valence-electron chi connectivity index (χ3n) is 4.82. The summed E-state index contributed by atoms with van der Waals surface area (Å²) in [6.45, 7) is 14.6. The van der Waals surface area contributed by atoms with Crippen LogP contribution in [0, 0.1) is 5.41 Å². The van der Waals surface area contributed by atoms with Crippen LogP contribution < -0.4 is 5.32 Å². The molecule has 1 N–H and O–H groups in total. The normalized spacial score (nSPS) is 28.6. The van der Waals surface area contributed by atoms with Gasteiger partial charge in [-0.25, -0.2) is 0 Å². The Balaban J connectivity index is 1.73. The van der Waals surface area contributed by atoms with Crippen molar-refractivity contribution >= 4 is 0 Å². The summed E-state index contributed by atoms with van der Waals surface area (Å²) in [5.41, 5.74) is 0.349. The van der Waals surface area contributed by atoms with Gasteiger partial charge in [-0.3, -0.25) is 4.90 Å². The summed E-state index contributed by atoms with van der Waals surface area (Å²) < 4.78 is 5.70. The molecule has 0 aromatic rings. The van der Waals surface area contributed by atoms with Crippen molar-refractivity contribution in [2.75, 3.05) is 86.2 Å². The molecule has 2 fully saturated rings. The van der Waals surface area contributed by atoms with E-state index in [0.717, 1.165) is 32.8 Å². The molecule has 0 amide bonds. The molecule has 0 aromatic heterocycles. The van der Waals surface area contributed by atoms with Crippen molar-refractivity contribution in [3.8, 4) is 0 Å². The molecule has 21 heavy (non-hydrogen) atoms. The summed E-state index contributed by atoms with van der Waals surface area (Å²) in [5.74, 6) is 0. The van der Waals surface area contributed by atoms with Gasteiger partial charge in [-0.05, 0) is 27.1 Å². The van der Waals surface area contributed by atoms with Crippen LogP contribution in [0.1, 0.15) is 13.3 Å². The van der Waals surface area contributed by atoms with Crippen LogP contribution in [-0.4, -0.2) is 101 Å². The average molecular weight is 298 g/mol. The predicted molar refractivity (Wildman–Crippen MR) is 87.8 cm³/mol. The Morgan fingerprint density at radius 3 is 2.43 bits per heavy atom. The maximum absolute atomic E-state index is 5.70. The lowest BCUT2D eigenvalue weighted by molar-refractivity contribution is 0.0694. The van der Waals surface area contributed by atoms with Gasteiger partial charge in [0.1, 0.15) is 0 Å². The lowest BCUT2D eigenvalue weighted by atomic mass is 9.86. The van der Waals surface area contributed by atoms with E-state index in [0.29, 0.717) is 5.41 Å². The summed E-state index contributed by atoms with van der Waals surface area (Å²) in [4.78, 5) is 7.52. The first-order chi connectivity index (χ1) is 10.1. The first kappa shape index (κ1) is 17.2. The minimum absolute atomic E-state index is 0.349. The van der Waals surface area contributed by atoms with Crippen molar-refractivity contribution in [3.63, 3.8) is 0 Å². The first-order valence-electron chi connectivity index (χ1n) is 8.51. The second-order valence-corrected chi connectivity index (χ2v) is 7.00. The van der Waals surface area contributed by atoms with Crippen LogP contribution in [0.15, 0.2) is 0 Å². The zero-order valence-corrected chi connectivity index (χ0v) is 14.2. The number of likely N-dealkylation sites (N-methyl/N-ethyl adjacent to an activating group) is 1. The van der Waals surface area contributed by atoms with Gasteiger partial charge in [-0.1, -0.05) is 6.92 Å². The number of hydrogen-bond acceptors (Lipinski definition) is 5. The number of nitrogens with zero attached hydrogens (tertiary/aromatic N) is 3. The quantitative estimate of drug-likeness (QED) is 0.691. The molecule has 0 radical (unpaired) electrons. The van der Waals surface area contributed by atoms with E-state index >= 15 is 0 Å². The van der Waals surface area contributed by atoms with Gasteiger partial charge < -0.3 is 19.9 Å². The second-order valence-electron chi connectivity index (χ2n) is 7.00. The molecular formula is C16H34N4O. The van der Waals surface area contributed by atoms with E-state index in [1.807, 2.05) is 0 Å². The van der Waals surface area contributed by atoms with Crippen molar-refractivity contribution in [2.45, 2.75) is 13.3 Å². The van der Waals surface area contributed by atoms with Crippen molar-refractivity contribution in [3.05, 3.63) is 0 Å². The topological polar surface area (TPSA) is 31.0 Å². The lowest BCUT2D eigenvalue weighted by Crippen LogP contribution is -2.52. The van der Waals surface area contributed by atoms with Gasteiger partial charge in [0.25, 0.3) is 0 Å². The highest BCUT2D eigenvalue weighted by Crippen LogP contribution is 2.29. The van der Waals surface area contributed by atoms with Gasteiger partial charge in [-0.15, -0.1) is 0 Å². The monoisotopic (exact) mass is 298 g/mol. The van der Waals surface area contributed by atoms with E-state index in [-0.39, 0.29) is 0 Å². The molecule has 0 saturated carbocycles. The molecule has 2 saturated heterocycles. The molecule has 2 heterocycles. The van der Waals surface area contributed by atoms with Crippen LogP contribution in [0.2, 0.25) is 0 Å². The number of rotatable bonds is 8. The predicted octanol–water partition coefficient (Wildman–Crippen LogP) is 0.182. The van der Waals surface area contributed by atoms with Gasteiger partial charge in [0, 0.05) is 64.4 Å². The third-order valence-corrected chi connectivity index (χ3v) is 4.82. The highest BCUT2D eigenvalue weighted by Gasteiger charge is 2.36. The molecule has 124 valence electrons. The molecule has 2 aliphatic rings. The SMILES string of the molecule is CCNCC1(CN2CCN(CCN(C)C)CC2)CCOC1. The lowest BCUT2D eigenvalue weighted by Gasteiger charge is -2.40. The van der Waals surface area contributed by atoms with E-state index in [1.54, 1.807) is 0 Å². The molecule has 2 aliphatic heterocycles. The first-order valence-corrected chi connectivity index (χ1v) is 8.51. The van der Waals surface area contributed by atoms with E-state index in [9.17, 15) is 0 Å². The summed E-state index contributed by atoms with van der Waals surface area (Å²) in [5, 5.41) is 3.54. The van der Waals surface area contributed by atoms with Gasteiger partial charge >= 0.3 is 0 Å². The Morgan fingerprint density at radius 1 is 1.14 bits per heavy atom. The highest BCUT2D eigenvalue weighted by molar-refractivity contribution is 4.89. The van der Waals surface area contributed by atoms with Gasteiger partial charge in [0.2, 0.25) is 0 Å². The van der Waals surface area contributed by atoms with Gasteiger partial charge in [-0.2, -0.15) is 0 Å². The Hall–Kier alpha value is -0.200. The van der Waals surface area contributed by atoms with Crippen LogP contribution in [0.3, 0.4) is 0 Å². The van der Waals surface area contributed by atoms with E-state index in [4.69, 9.17) is 4.74 Å². The highest BCUT2D eigenvalue weighted by atomic mass is 16.5.